The molecule has 134 valence electrons. The Kier molecular flexibility index (Phi) is 4.50. The predicted octanol–water partition coefficient (Wildman–Crippen LogP) is 4.19. The number of aromatic nitrogens is 1. The molecule has 3 aromatic rings. The van der Waals surface area contributed by atoms with E-state index in [9.17, 15) is 13.6 Å². The van der Waals surface area contributed by atoms with E-state index in [4.69, 9.17) is 11.6 Å². The maximum Gasteiger partial charge on any atom is 0.255 e. The first-order valence-corrected chi connectivity index (χ1v) is 9.26. The summed E-state index contributed by atoms with van der Waals surface area (Å²) in [5.74, 6) is -0.955. The number of carbonyl (C=O) groups excluding carboxylic acids is 1. The van der Waals surface area contributed by atoms with E-state index in [0.717, 1.165) is 21.4 Å². The fourth-order valence-electron chi connectivity index (χ4n) is 2.96. The van der Waals surface area contributed by atoms with E-state index in [-0.39, 0.29) is 16.7 Å². The molecule has 0 atom stereocenters. The summed E-state index contributed by atoms with van der Waals surface area (Å²) in [6.45, 7) is 2.26. The van der Waals surface area contributed by atoms with E-state index in [1.54, 1.807) is 11.0 Å². The van der Waals surface area contributed by atoms with Crippen molar-refractivity contribution in [3.05, 3.63) is 58.6 Å². The molecule has 0 spiro atoms. The van der Waals surface area contributed by atoms with Gasteiger partial charge in [0.25, 0.3) is 5.91 Å². The number of anilines is 1. The van der Waals surface area contributed by atoms with Gasteiger partial charge in [-0.3, -0.25) is 4.79 Å². The lowest BCUT2D eigenvalue weighted by atomic mass is 10.1. The monoisotopic (exact) mass is 393 g/mol. The highest BCUT2D eigenvalue weighted by Crippen LogP contribution is 2.30. The molecule has 0 N–H and O–H groups in total. The van der Waals surface area contributed by atoms with Gasteiger partial charge < -0.3 is 9.80 Å². The van der Waals surface area contributed by atoms with Crippen molar-refractivity contribution in [2.45, 2.75) is 0 Å². The minimum atomic E-state index is -0.469. The van der Waals surface area contributed by atoms with Crippen LogP contribution in [-0.4, -0.2) is 42.0 Å². The van der Waals surface area contributed by atoms with Gasteiger partial charge in [0.2, 0.25) is 0 Å². The molecule has 0 aliphatic carbocycles. The summed E-state index contributed by atoms with van der Waals surface area (Å²) in [4.78, 5) is 20.9. The third-order valence-corrected chi connectivity index (χ3v) is 5.73. The molecule has 4 nitrogen and oxygen atoms in total. The molecular formula is C18H14ClF2N3OS. The van der Waals surface area contributed by atoms with Gasteiger partial charge in [-0.1, -0.05) is 22.9 Å². The second kappa shape index (κ2) is 6.81. The second-order valence-electron chi connectivity index (χ2n) is 6.01. The Labute approximate surface area is 157 Å². The van der Waals surface area contributed by atoms with Crippen LogP contribution in [0.15, 0.2) is 36.4 Å². The molecule has 0 radical (unpaired) electrons. The second-order valence-corrected chi connectivity index (χ2v) is 7.43. The van der Waals surface area contributed by atoms with Crippen LogP contribution in [0.25, 0.3) is 10.2 Å². The van der Waals surface area contributed by atoms with Crippen LogP contribution in [-0.2, 0) is 0 Å². The zero-order valence-electron chi connectivity index (χ0n) is 13.6. The van der Waals surface area contributed by atoms with E-state index < -0.39 is 5.82 Å². The molecule has 2 aromatic carbocycles. The first kappa shape index (κ1) is 17.2. The van der Waals surface area contributed by atoms with Gasteiger partial charge in [-0.05, 0) is 36.4 Å². The molecule has 26 heavy (non-hydrogen) atoms. The van der Waals surface area contributed by atoms with Gasteiger partial charge in [-0.2, -0.15) is 0 Å². The standard InChI is InChI=1S/C18H14ClF2N3OS/c19-14-9-11(20)1-3-13(14)17(25)23-5-7-24(8-6-23)18-22-15-4-2-12(21)10-16(15)26-18/h1-4,9-10H,5-8H2. The number of hydrogen-bond acceptors (Lipinski definition) is 4. The normalized spacial score (nSPS) is 14.9. The van der Waals surface area contributed by atoms with E-state index in [0.29, 0.717) is 31.7 Å². The van der Waals surface area contributed by atoms with Crippen molar-refractivity contribution >= 4 is 44.2 Å². The number of benzene rings is 2. The van der Waals surface area contributed by atoms with Crippen LogP contribution in [0, 0.1) is 11.6 Å². The highest BCUT2D eigenvalue weighted by molar-refractivity contribution is 7.22. The summed E-state index contributed by atoms with van der Waals surface area (Å²) >= 11 is 7.43. The van der Waals surface area contributed by atoms with Crippen molar-refractivity contribution in [1.82, 2.24) is 9.88 Å². The summed E-state index contributed by atoms with van der Waals surface area (Å²) in [5.41, 5.74) is 1.07. The highest BCUT2D eigenvalue weighted by atomic mass is 35.5. The Morgan fingerprint density at radius 1 is 1.04 bits per heavy atom. The quantitative estimate of drug-likeness (QED) is 0.655. The molecule has 1 aliphatic rings. The fourth-order valence-corrected chi connectivity index (χ4v) is 4.25. The van der Waals surface area contributed by atoms with Gasteiger partial charge >= 0.3 is 0 Å². The van der Waals surface area contributed by atoms with Crippen molar-refractivity contribution < 1.29 is 13.6 Å². The summed E-state index contributed by atoms with van der Waals surface area (Å²) in [7, 11) is 0. The predicted molar refractivity (Wildman–Crippen MR) is 99.1 cm³/mol. The zero-order chi connectivity index (χ0) is 18.3. The molecule has 0 bridgehead atoms. The van der Waals surface area contributed by atoms with Crippen LogP contribution in [0.3, 0.4) is 0 Å². The maximum atomic E-state index is 13.3. The lowest BCUT2D eigenvalue weighted by Gasteiger charge is -2.34. The lowest BCUT2D eigenvalue weighted by molar-refractivity contribution is 0.0747. The third-order valence-electron chi connectivity index (χ3n) is 4.34. The first-order valence-electron chi connectivity index (χ1n) is 8.06. The number of amides is 1. The number of halogens is 3. The Morgan fingerprint density at radius 2 is 1.73 bits per heavy atom. The molecule has 2 heterocycles. The van der Waals surface area contributed by atoms with Gasteiger partial charge in [0.1, 0.15) is 11.6 Å². The molecule has 1 fully saturated rings. The van der Waals surface area contributed by atoms with Crippen LogP contribution < -0.4 is 4.90 Å². The summed E-state index contributed by atoms with van der Waals surface area (Å²) in [5, 5.41) is 0.933. The van der Waals surface area contributed by atoms with Crippen molar-refractivity contribution in [1.29, 1.82) is 0 Å². The van der Waals surface area contributed by atoms with Crippen LogP contribution in [0.5, 0.6) is 0 Å². The number of hydrogen-bond donors (Lipinski definition) is 0. The first-order chi connectivity index (χ1) is 12.5. The summed E-state index contributed by atoms with van der Waals surface area (Å²) in [6, 6.07) is 8.33. The number of rotatable bonds is 2. The topological polar surface area (TPSA) is 36.4 Å². The smallest absolute Gasteiger partial charge is 0.255 e. The largest absolute Gasteiger partial charge is 0.345 e. The zero-order valence-corrected chi connectivity index (χ0v) is 15.2. The third kappa shape index (κ3) is 3.24. The van der Waals surface area contributed by atoms with Gasteiger partial charge in [0.15, 0.2) is 5.13 Å². The van der Waals surface area contributed by atoms with E-state index in [1.165, 1.54) is 35.6 Å². The van der Waals surface area contributed by atoms with E-state index in [1.807, 2.05) is 0 Å². The Balaban J connectivity index is 1.47. The lowest BCUT2D eigenvalue weighted by Crippen LogP contribution is -2.48. The van der Waals surface area contributed by atoms with Crippen molar-refractivity contribution in [3.8, 4) is 0 Å². The molecule has 1 amide bonds. The molecule has 0 saturated carbocycles. The minimum Gasteiger partial charge on any atom is -0.345 e. The molecular weight excluding hydrogens is 380 g/mol. The summed E-state index contributed by atoms with van der Waals surface area (Å²) in [6.07, 6.45) is 0. The maximum absolute atomic E-state index is 13.3. The molecule has 0 unspecified atom stereocenters. The van der Waals surface area contributed by atoms with E-state index >= 15 is 0 Å². The molecule has 4 rings (SSSR count). The van der Waals surface area contributed by atoms with Gasteiger partial charge in [0, 0.05) is 26.2 Å². The molecule has 1 aromatic heterocycles. The number of nitrogens with zero attached hydrogens (tertiary/aromatic N) is 3. The number of piperazine rings is 1. The molecule has 1 saturated heterocycles. The molecule has 1 aliphatic heterocycles. The summed E-state index contributed by atoms with van der Waals surface area (Å²) < 4.78 is 27.3. The minimum absolute atomic E-state index is 0.116. The average Bonchev–Trinajstić information content (AvgIpc) is 3.04. The van der Waals surface area contributed by atoms with Crippen molar-refractivity contribution in [3.63, 3.8) is 0 Å². The van der Waals surface area contributed by atoms with Gasteiger partial charge in [0.05, 0.1) is 20.8 Å². The van der Waals surface area contributed by atoms with Crippen LogP contribution in [0.1, 0.15) is 10.4 Å². The number of fused-ring (bicyclic) bond motifs is 1. The highest BCUT2D eigenvalue weighted by Gasteiger charge is 2.25. The van der Waals surface area contributed by atoms with Gasteiger partial charge in [-0.25, -0.2) is 13.8 Å². The van der Waals surface area contributed by atoms with Crippen LogP contribution >= 0.6 is 22.9 Å². The Bertz CT molecular complexity index is 986. The van der Waals surface area contributed by atoms with Crippen molar-refractivity contribution in [2.24, 2.45) is 0 Å². The van der Waals surface area contributed by atoms with Crippen LogP contribution in [0.2, 0.25) is 5.02 Å². The van der Waals surface area contributed by atoms with Gasteiger partial charge in [-0.15, -0.1) is 0 Å². The van der Waals surface area contributed by atoms with Crippen molar-refractivity contribution in [2.75, 3.05) is 31.1 Å². The Hall–Kier alpha value is -2.25. The van der Waals surface area contributed by atoms with Crippen LogP contribution in [0.4, 0.5) is 13.9 Å². The molecule has 8 heteroatoms. The number of thiazole rings is 1. The SMILES string of the molecule is O=C(c1ccc(F)cc1Cl)N1CCN(c2nc3ccc(F)cc3s2)CC1. The number of carbonyl (C=O) groups is 1. The average molecular weight is 394 g/mol. The fraction of sp³-hybridized carbons (Fsp3) is 0.222. The Morgan fingerprint density at radius 3 is 2.46 bits per heavy atom. The van der Waals surface area contributed by atoms with E-state index in [2.05, 4.69) is 9.88 Å².